The van der Waals surface area contributed by atoms with Gasteiger partial charge in [-0.25, -0.2) is 4.39 Å². The molecule has 0 spiro atoms. The summed E-state index contributed by atoms with van der Waals surface area (Å²) in [5, 5.41) is 0.222. The Balaban J connectivity index is 1.88. The van der Waals surface area contributed by atoms with Crippen molar-refractivity contribution in [1.29, 1.82) is 0 Å². The molecule has 0 atom stereocenters. The lowest BCUT2D eigenvalue weighted by Gasteiger charge is -2.13. The molecule has 0 bridgehead atoms. The summed E-state index contributed by atoms with van der Waals surface area (Å²) < 4.78 is 18.7. The molecule has 1 heterocycles. The lowest BCUT2D eigenvalue weighted by Crippen LogP contribution is -2.27. The van der Waals surface area contributed by atoms with Crippen LogP contribution in [0, 0.1) is 5.82 Å². The molecule has 1 fully saturated rings. The number of halogens is 3. The van der Waals surface area contributed by atoms with Crippen LogP contribution in [0.15, 0.2) is 41.3 Å². The number of amides is 2. The molecule has 4 nitrogen and oxygen atoms in total. The second-order valence-corrected chi connectivity index (χ2v) is 7.46. The average molecular weight is 426 g/mol. The first-order valence-electron chi connectivity index (χ1n) is 8.00. The van der Waals surface area contributed by atoms with E-state index in [2.05, 4.69) is 0 Å². The molecule has 1 aliphatic heterocycles. The molecule has 2 amide bonds. The van der Waals surface area contributed by atoms with E-state index in [1.165, 1.54) is 12.1 Å². The molecule has 0 radical (unpaired) electrons. The van der Waals surface area contributed by atoms with Gasteiger partial charge in [0.05, 0.1) is 18.1 Å². The summed E-state index contributed by atoms with van der Waals surface area (Å²) in [6.45, 7) is 2.26. The van der Waals surface area contributed by atoms with Gasteiger partial charge < -0.3 is 4.74 Å². The van der Waals surface area contributed by atoms with Crippen LogP contribution >= 0.6 is 35.0 Å². The summed E-state index contributed by atoms with van der Waals surface area (Å²) in [5.74, 6) is -0.370. The minimum absolute atomic E-state index is 0.0328. The number of thioether (sulfide) groups is 1. The van der Waals surface area contributed by atoms with Crippen LogP contribution in [0.3, 0.4) is 0 Å². The maximum atomic E-state index is 13.2. The van der Waals surface area contributed by atoms with Crippen molar-refractivity contribution in [2.75, 3.05) is 6.61 Å². The summed E-state index contributed by atoms with van der Waals surface area (Å²) in [4.78, 5) is 26.3. The number of hydrogen-bond acceptors (Lipinski definition) is 4. The van der Waals surface area contributed by atoms with Gasteiger partial charge in [0.1, 0.15) is 11.6 Å². The van der Waals surface area contributed by atoms with E-state index in [4.69, 9.17) is 27.9 Å². The number of rotatable bonds is 5. The lowest BCUT2D eigenvalue weighted by atomic mass is 10.1. The largest absolute Gasteiger partial charge is 0.493 e. The molecule has 140 valence electrons. The fourth-order valence-corrected chi connectivity index (χ4v) is 3.75. The molecule has 0 aromatic heterocycles. The standard InChI is InChI=1S/C19H14Cl2FNO3S/c1-2-26-16-6-4-13(20)7-12(16)8-17-18(24)23(19(25)27-17)10-11-3-5-14(22)9-15(11)21/h3-9H,2,10H2,1H3/b17-8-. The smallest absolute Gasteiger partial charge is 0.293 e. The van der Waals surface area contributed by atoms with Crippen LogP contribution in [0.2, 0.25) is 10.0 Å². The summed E-state index contributed by atoms with van der Waals surface area (Å²) >= 11 is 12.9. The van der Waals surface area contributed by atoms with Gasteiger partial charge in [-0.05, 0) is 60.7 Å². The van der Waals surface area contributed by atoms with Crippen LogP contribution in [0.25, 0.3) is 6.08 Å². The van der Waals surface area contributed by atoms with Crippen LogP contribution in [-0.2, 0) is 11.3 Å². The number of carbonyl (C=O) groups is 2. The molecular weight excluding hydrogens is 412 g/mol. The molecule has 1 saturated heterocycles. The average Bonchev–Trinajstić information content (AvgIpc) is 2.87. The van der Waals surface area contributed by atoms with Crippen molar-refractivity contribution in [2.45, 2.75) is 13.5 Å². The Kier molecular flexibility index (Phi) is 6.09. The Bertz CT molecular complexity index is 949. The normalized spacial score (nSPS) is 15.7. The van der Waals surface area contributed by atoms with E-state index in [0.717, 1.165) is 22.7 Å². The van der Waals surface area contributed by atoms with Crippen LogP contribution in [0.4, 0.5) is 9.18 Å². The minimum atomic E-state index is -0.484. The van der Waals surface area contributed by atoms with Gasteiger partial charge in [0.25, 0.3) is 11.1 Å². The van der Waals surface area contributed by atoms with Gasteiger partial charge in [0.2, 0.25) is 0 Å². The number of hydrogen-bond donors (Lipinski definition) is 0. The van der Waals surface area contributed by atoms with Gasteiger partial charge >= 0.3 is 0 Å². The zero-order valence-corrected chi connectivity index (χ0v) is 16.5. The monoisotopic (exact) mass is 425 g/mol. The fourth-order valence-electron chi connectivity index (χ4n) is 2.52. The van der Waals surface area contributed by atoms with Gasteiger partial charge in [-0.2, -0.15) is 0 Å². The molecular formula is C19H14Cl2FNO3S. The highest BCUT2D eigenvalue weighted by molar-refractivity contribution is 8.18. The Morgan fingerprint density at radius 2 is 1.96 bits per heavy atom. The van der Waals surface area contributed by atoms with Crippen molar-refractivity contribution in [1.82, 2.24) is 4.90 Å². The zero-order valence-electron chi connectivity index (χ0n) is 14.2. The molecule has 0 N–H and O–H groups in total. The first kappa shape index (κ1) is 19.7. The van der Waals surface area contributed by atoms with E-state index in [1.54, 1.807) is 24.3 Å². The molecule has 8 heteroatoms. The van der Waals surface area contributed by atoms with Crippen LogP contribution < -0.4 is 4.74 Å². The molecule has 2 aromatic carbocycles. The van der Waals surface area contributed by atoms with Crippen molar-refractivity contribution in [3.63, 3.8) is 0 Å². The highest BCUT2D eigenvalue weighted by atomic mass is 35.5. The number of ether oxygens (including phenoxy) is 1. The highest BCUT2D eigenvalue weighted by Gasteiger charge is 2.35. The summed E-state index contributed by atoms with van der Waals surface area (Å²) in [6.07, 6.45) is 1.58. The van der Waals surface area contributed by atoms with E-state index in [0.29, 0.717) is 28.5 Å². The zero-order chi connectivity index (χ0) is 19.6. The van der Waals surface area contributed by atoms with Gasteiger partial charge in [0.15, 0.2) is 0 Å². The summed E-state index contributed by atoms with van der Waals surface area (Å²) in [5.41, 5.74) is 1.09. The Morgan fingerprint density at radius 3 is 2.67 bits per heavy atom. The first-order valence-corrected chi connectivity index (χ1v) is 9.58. The van der Waals surface area contributed by atoms with Crippen molar-refractivity contribution < 1.29 is 18.7 Å². The second kappa shape index (κ2) is 8.33. The Hall–Kier alpha value is -2.02. The summed E-state index contributed by atoms with van der Waals surface area (Å²) in [6, 6.07) is 8.89. The first-order chi connectivity index (χ1) is 12.9. The number of benzene rings is 2. The fraction of sp³-hybridized carbons (Fsp3) is 0.158. The predicted octanol–water partition coefficient (Wildman–Crippen LogP) is 5.77. The lowest BCUT2D eigenvalue weighted by molar-refractivity contribution is -0.123. The van der Waals surface area contributed by atoms with E-state index < -0.39 is 17.0 Å². The van der Waals surface area contributed by atoms with Crippen LogP contribution in [0.5, 0.6) is 5.75 Å². The Morgan fingerprint density at radius 1 is 1.19 bits per heavy atom. The topological polar surface area (TPSA) is 46.6 Å². The van der Waals surface area contributed by atoms with Crippen molar-refractivity contribution in [2.24, 2.45) is 0 Å². The van der Waals surface area contributed by atoms with E-state index >= 15 is 0 Å². The molecule has 3 rings (SSSR count). The number of nitrogens with zero attached hydrogens (tertiary/aromatic N) is 1. The quantitative estimate of drug-likeness (QED) is 0.570. The molecule has 0 aliphatic carbocycles. The van der Waals surface area contributed by atoms with Crippen molar-refractivity contribution in [3.8, 4) is 5.75 Å². The van der Waals surface area contributed by atoms with E-state index in [9.17, 15) is 14.0 Å². The third-order valence-corrected chi connectivity index (χ3v) is 5.27. The molecule has 0 unspecified atom stereocenters. The third kappa shape index (κ3) is 4.46. The van der Waals surface area contributed by atoms with Crippen LogP contribution in [-0.4, -0.2) is 22.7 Å². The van der Waals surface area contributed by atoms with E-state index in [1.807, 2.05) is 6.92 Å². The van der Waals surface area contributed by atoms with Gasteiger partial charge in [-0.3, -0.25) is 14.5 Å². The number of carbonyl (C=O) groups excluding carboxylic acids is 2. The van der Waals surface area contributed by atoms with Gasteiger partial charge in [-0.1, -0.05) is 29.3 Å². The van der Waals surface area contributed by atoms with E-state index in [-0.39, 0.29) is 16.5 Å². The SMILES string of the molecule is CCOc1ccc(Cl)cc1/C=C1\SC(=O)N(Cc2ccc(F)cc2Cl)C1=O. The molecule has 1 aliphatic rings. The minimum Gasteiger partial charge on any atom is -0.493 e. The van der Waals surface area contributed by atoms with Gasteiger partial charge in [-0.15, -0.1) is 0 Å². The number of imide groups is 1. The van der Waals surface area contributed by atoms with Crippen molar-refractivity contribution >= 4 is 52.2 Å². The molecule has 27 heavy (non-hydrogen) atoms. The predicted molar refractivity (Wildman–Crippen MR) is 106 cm³/mol. The maximum Gasteiger partial charge on any atom is 0.293 e. The van der Waals surface area contributed by atoms with Crippen LogP contribution in [0.1, 0.15) is 18.1 Å². The molecule has 2 aromatic rings. The second-order valence-electron chi connectivity index (χ2n) is 5.62. The molecule has 0 saturated carbocycles. The third-order valence-electron chi connectivity index (χ3n) is 3.78. The maximum absolute atomic E-state index is 13.2. The van der Waals surface area contributed by atoms with Crippen molar-refractivity contribution in [3.05, 3.63) is 68.3 Å². The highest BCUT2D eigenvalue weighted by Crippen LogP contribution is 2.36. The van der Waals surface area contributed by atoms with Gasteiger partial charge in [0, 0.05) is 15.6 Å². The Labute approximate surface area is 169 Å². The summed E-state index contributed by atoms with van der Waals surface area (Å²) in [7, 11) is 0.